The molecule has 3 aliphatic rings. The van der Waals surface area contributed by atoms with Gasteiger partial charge in [0.2, 0.25) is 5.88 Å². The normalized spacial score (nSPS) is 25.2. The molecular weight excluding hydrogens is 503 g/mol. The smallest absolute Gasteiger partial charge is 0.433 e. The number of rotatable bonds is 8. The van der Waals surface area contributed by atoms with Crippen molar-refractivity contribution in [3.63, 3.8) is 0 Å². The van der Waals surface area contributed by atoms with Crippen molar-refractivity contribution in [1.29, 1.82) is 0 Å². The lowest BCUT2D eigenvalue weighted by atomic mass is 9.60. The Labute approximate surface area is 210 Å². The fourth-order valence-corrected chi connectivity index (χ4v) is 4.91. The van der Waals surface area contributed by atoms with Crippen LogP contribution in [0.4, 0.5) is 13.2 Å². The molecule has 1 heterocycles. The van der Waals surface area contributed by atoms with Crippen LogP contribution in [0.2, 0.25) is 5.02 Å². The van der Waals surface area contributed by atoms with E-state index in [1.807, 2.05) is 0 Å². The highest BCUT2D eigenvalue weighted by Crippen LogP contribution is 2.47. The van der Waals surface area contributed by atoms with E-state index in [1.165, 1.54) is 6.07 Å². The van der Waals surface area contributed by atoms with Crippen LogP contribution in [0.25, 0.3) is 0 Å². The van der Waals surface area contributed by atoms with Gasteiger partial charge in [0.25, 0.3) is 11.8 Å². The molecule has 0 aliphatic heterocycles. The fourth-order valence-electron chi connectivity index (χ4n) is 4.78. The minimum Gasteiger partial charge on any atom is -0.484 e. The van der Waals surface area contributed by atoms with Gasteiger partial charge in [0, 0.05) is 16.6 Å². The molecule has 3 aliphatic carbocycles. The van der Waals surface area contributed by atoms with Crippen LogP contribution >= 0.6 is 11.6 Å². The third-order valence-electron chi connectivity index (χ3n) is 6.66. The Hall–Kier alpha value is -3.05. The number of hydrogen-bond acceptors (Lipinski definition) is 6. The Morgan fingerprint density at radius 1 is 1.00 bits per heavy atom. The first-order chi connectivity index (χ1) is 17.0. The second kappa shape index (κ2) is 10.1. The maximum Gasteiger partial charge on any atom is 0.433 e. The summed E-state index contributed by atoms with van der Waals surface area (Å²) in [6.07, 6.45) is -3.39. The monoisotopic (exact) mass is 527 g/mol. The topological polar surface area (TPSA) is 110 Å². The molecule has 5 rings (SSSR count). The van der Waals surface area contributed by atoms with Crippen molar-refractivity contribution in [2.45, 2.75) is 55.5 Å². The summed E-state index contributed by atoms with van der Waals surface area (Å²) in [5.41, 5.74) is -2.61. The number of nitrogens with zero attached hydrogens (tertiary/aromatic N) is 1. The molecule has 2 bridgehead atoms. The number of carbonyl (C=O) groups excluding carboxylic acids is 2. The second-order valence-corrected chi connectivity index (χ2v) is 9.58. The summed E-state index contributed by atoms with van der Waals surface area (Å²) in [6, 6.07) is 9.78. The number of pyridine rings is 1. The number of alkyl halides is 3. The van der Waals surface area contributed by atoms with Gasteiger partial charge in [0.15, 0.2) is 13.2 Å². The Morgan fingerprint density at radius 2 is 1.64 bits per heavy atom. The third kappa shape index (κ3) is 6.01. The molecule has 2 aromatic rings. The molecule has 3 fully saturated rings. The van der Waals surface area contributed by atoms with Gasteiger partial charge in [-0.15, -0.1) is 0 Å². The van der Waals surface area contributed by atoms with Crippen LogP contribution in [0, 0.1) is 0 Å². The number of aromatic nitrogens is 1. The molecule has 2 amide bonds. The molecule has 12 heteroatoms. The summed E-state index contributed by atoms with van der Waals surface area (Å²) in [6.45, 7) is -0.741. The molecule has 3 N–H and O–H groups in total. The first-order valence-corrected chi connectivity index (χ1v) is 11.7. The van der Waals surface area contributed by atoms with Gasteiger partial charge in [-0.05, 0) is 62.4 Å². The van der Waals surface area contributed by atoms with Crippen LogP contribution in [0.3, 0.4) is 0 Å². The fraction of sp³-hybridized carbons (Fsp3) is 0.458. The average molecular weight is 528 g/mol. The van der Waals surface area contributed by atoms with Crippen molar-refractivity contribution in [3.8, 4) is 11.6 Å². The van der Waals surface area contributed by atoms with Gasteiger partial charge in [-0.1, -0.05) is 17.7 Å². The summed E-state index contributed by atoms with van der Waals surface area (Å²) in [4.78, 5) is 28.4. The molecule has 3 saturated carbocycles. The number of carbonyl (C=O) groups is 2. The van der Waals surface area contributed by atoms with Crippen LogP contribution in [-0.2, 0) is 15.8 Å². The minimum atomic E-state index is -4.62. The highest BCUT2D eigenvalue weighted by atomic mass is 35.5. The van der Waals surface area contributed by atoms with E-state index in [2.05, 4.69) is 15.6 Å². The second-order valence-electron chi connectivity index (χ2n) is 9.14. The summed E-state index contributed by atoms with van der Waals surface area (Å²) < 4.78 is 49.0. The highest BCUT2D eigenvalue weighted by molar-refractivity contribution is 6.30. The van der Waals surface area contributed by atoms with E-state index in [1.54, 1.807) is 24.3 Å². The zero-order chi connectivity index (χ0) is 26.0. The Bertz CT molecular complexity index is 1100. The first-order valence-electron chi connectivity index (χ1n) is 11.3. The van der Waals surface area contributed by atoms with Crippen molar-refractivity contribution in [1.82, 2.24) is 15.6 Å². The van der Waals surface area contributed by atoms with Crippen LogP contribution in [0.1, 0.15) is 37.8 Å². The predicted molar refractivity (Wildman–Crippen MR) is 123 cm³/mol. The summed E-state index contributed by atoms with van der Waals surface area (Å²) in [5, 5.41) is 17.2. The van der Waals surface area contributed by atoms with Crippen LogP contribution in [0.15, 0.2) is 42.5 Å². The minimum absolute atomic E-state index is 0.221. The lowest BCUT2D eigenvalue weighted by Gasteiger charge is -2.56. The van der Waals surface area contributed by atoms with Gasteiger partial charge in [-0.3, -0.25) is 9.59 Å². The Kier molecular flexibility index (Phi) is 7.33. The van der Waals surface area contributed by atoms with Crippen LogP contribution < -0.4 is 20.1 Å². The van der Waals surface area contributed by atoms with Crippen molar-refractivity contribution in [3.05, 3.63) is 53.2 Å². The van der Waals surface area contributed by atoms with Crippen LogP contribution in [0.5, 0.6) is 11.6 Å². The number of ether oxygens (including phenoxy) is 2. The molecule has 0 unspecified atom stereocenters. The SMILES string of the molecule is O=C(COc1cccc(C(F)(F)F)n1)NC12CCC(NC(=O)COc3ccc(Cl)cc3)(CC1)[C@@H](O)C2. The van der Waals surface area contributed by atoms with Gasteiger partial charge in [0.1, 0.15) is 11.4 Å². The van der Waals surface area contributed by atoms with E-state index in [0.29, 0.717) is 36.5 Å². The number of aliphatic hydroxyl groups excluding tert-OH is 1. The number of hydrogen-bond donors (Lipinski definition) is 3. The van der Waals surface area contributed by atoms with Crippen molar-refractivity contribution >= 4 is 23.4 Å². The molecule has 0 spiro atoms. The largest absolute Gasteiger partial charge is 0.484 e. The van der Waals surface area contributed by atoms with Gasteiger partial charge in [0.05, 0.1) is 11.6 Å². The van der Waals surface area contributed by atoms with E-state index in [0.717, 1.165) is 12.1 Å². The van der Waals surface area contributed by atoms with E-state index in [9.17, 15) is 27.9 Å². The molecule has 36 heavy (non-hydrogen) atoms. The lowest BCUT2D eigenvalue weighted by molar-refractivity contribution is -0.141. The highest BCUT2D eigenvalue weighted by Gasteiger charge is 2.55. The number of amides is 2. The molecule has 1 aromatic heterocycles. The number of halogens is 4. The predicted octanol–water partition coefficient (Wildman–Crippen LogP) is 3.26. The Morgan fingerprint density at radius 3 is 2.28 bits per heavy atom. The molecule has 0 saturated heterocycles. The quantitative estimate of drug-likeness (QED) is 0.486. The first kappa shape index (κ1) is 26.0. The van der Waals surface area contributed by atoms with Crippen molar-refractivity contribution in [2.24, 2.45) is 0 Å². The third-order valence-corrected chi connectivity index (χ3v) is 6.91. The van der Waals surface area contributed by atoms with E-state index in [4.69, 9.17) is 21.1 Å². The Balaban J connectivity index is 1.27. The van der Waals surface area contributed by atoms with Gasteiger partial charge in [-0.2, -0.15) is 13.2 Å². The summed E-state index contributed by atoms with van der Waals surface area (Å²) in [7, 11) is 0. The van der Waals surface area contributed by atoms with Gasteiger partial charge >= 0.3 is 6.18 Å². The number of nitrogens with one attached hydrogen (secondary N) is 2. The molecule has 0 radical (unpaired) electrons. The maximum absolute atomic E-state index is 12.8. The molecule has 8 nitrogen and oxygen atoms in total. The number of aliphatic hydroxyl groups is 1. The number of benzene rings is 1. The van der Waals surface area contributed by atoms with Gasteiger partial charge < -0.3 is 25.2 Å². The average Bonchev–Trinajstić information content (AvgIpc) is 2.83. The number of fused-ring (bicyclic) bond motifs is 3. The zero-order valence-electron chi connectivity index (χ0n) is 19.1. The van der Waals surface area contributed by atoms with Crippen molar-refractivity contribution in [2.75, 3.05) is 13.2 Å². The van der Waals surface area contributed by atoms with E-state index < -0.39 is 41.6 Å². The summed E-state index contributed by atoms with van der Waals surface area (Å²) in [5.74, 6) is -0.725. The lowest BCUT2D eigenvalue weighted by Crippen LogP contribution is -2.70. The maximum atomic E-state index is 12.8. The molecule has 1 atom stereocenters. The van der Waals surface area contributed by atoms with Crippen LogP contribution in [-0.4, -0.2) is 52.3 Å². The standard InChI is InChI=1S/C24H25ClF3N3O5/c25-15-4-6-16(7-5-15)35-13-20(34)31-23-10-8-22(9-11-23,12-18(23)32)30-19(33)14-36-21-3-1-2-17(29-21)24(26,27)28/h1-7,18,32H,8-14H2,(H,30,33)(H,31,34)/t18-,22?,23?/m0/s1. The zero-order valence-corrected chi connectivity index (χ0v) is 19.9. The van der Waals surface area contributed by atoms with E-state index >= 15 is 0 Å². The van der Waals surface area contributed by atoms with Crippen molar-refractivity contribution < 1.29 is 37.3 Å². The summed E-state index contributed by atoms with van der Waals surface area (Å²) >= 11 is 5.83. The molecule has 1 aromatic carbocycles. The molecule has 194 valence electrons. The molecular formula is C24H25ClF3N3O5. The van der Waals surface area contributed by atoms with Gasteiger partial charge in [-0.25, -0.2) is 4.98 Å². The van der Waals surface area contributed by atoms with E-state index in [-0.39, 0.29) is 24.8 Å².